The maximum absolute atomic E-state index is 16.2. The molecule has 4 aromatic heterocycles. The second-order valence-electron chi connectivity index (χ2n) is 15.1. The number of alkyl halides is 3. The number of para-hydroxylation sites is 4. The van der Waals surface area contributed by atoms with Crippen molar-refractivity contribution in [3.63, 3.8) is 0 Å². The minimum absolute atomic E-state index is 0.0332. The quantitative estimate of drug-likeness (QED) is 0.174. The van der Waals surface area contributed by atoms with Crippen LogP contribution < -0.4 is 0 Å². The molecule has 4 heterocycles. The van der Waals surface area contributed by atoms with Crippen LogP contribution in [0.2, 0.25) is 0 Å². The van der Waals surface area contributed by atoms with Crippen molar-refractivity contribution in [3.05, 3.63) is 188 Å². The molecule has 290 valence electrons. The minimum atomic E-state index is -4.82. The SMILES string of the molecule is FC(F)(F)c1cc(-c2nc(-c3ccccc3)nc(-c3ccccc3)n2)c2oc3ccccc3c2c1-n1c2ccccc2c2cc3c(cc21)c1ccccc1n3-c1ccccc1. The summed E-state index contributed by atoms with van der Waals surface area (Å²) in [5, 5.41) is 4.38. The highest BCUT2D eigenvalue weighted by Crippen LogP contribution is 2.49. The van der Waals surface area contributed by atoms with E-state index in [0.717, 1.165) is 44.3 Å². The lowest BCUT2D eigenvalue weighted by atomic mass is 9.99. The second-order valence-corrected chi connectivity index (χ2v) is 15.1. The highest BCUT2D eigenvalue weighted by Gasteiger charge is 2.39. The summed E-state index contributed by atoms with van der Waals surface area (Å²) < 4.78 is 59.3. The summed E-state index contributed by atoms with van der Waals surface area (Å²) in [6, 6.07) is 57.2. The molecule has 0 spiro atoms. The first kappa shape index (κ1) is 35.0. The van der Waals surface area contributed by atoms with Crippen molar-refractivity contribution in [1.29, 1.82) is 0 Å². The third-order valence-electron chi connectivity index (χ3n) is 11.6. The zero-order chi connectivity index (χ0) is 40.8. The molecule has 9 heteroatoms. The predicted molar refractivity (Wildman–Crippen MR) is 237 cm³/mol. The molecule has 0 N–H and O–H groups in total. The van der Waals surface area contributed by atoms with Gasteiger partial charge in [-0.2, -0.15) is 13.2 Å². The number of halogens is 3. The van der Waals surface area contributed by atoms with Crippen LogP contribution in [0, 0.1) is 0 Å². The monoisotopic (exact) mass is 797 g/mol. The van der Waals surface area contributed by atoms with E-state index in [4.69, 9.17) is 19.4 Å². The highest BCUT2D eigenvalue weighted by molar-refractivity contribution is 6.21. The lowest BCUT2D eigenvalue weighted by molar-refractivity contribution is -0.137. The van der Waals surface area contributed by atoms with Gasteiger partial charge in [0.25, 0.3) is 0 Å². The second kappa shape index (κ2) is 13.2. The van der Waals surface area contributed by atoms with Crippen LogP contribution in [0.15, 0.2) is 186 Å². The molecule has 0 radical (unpaired) electrons. The Labute approximate surface area is 345 Å². The molecule has 0 bridgehead atoms. The van der Waals surface area contributed by atoms with Crippen LogP contribution in [-0.2, 0) is 6.18 Å². The fraction of sp³-hybridized carbons (Fsp3) is 0.0192. The lowest BCUT2D eigenvalue weighted by Crippen LogP contribution is -2.12. The summed E-state index contributed by atoms with van der Waals surface area (Å²) in [6.45, 7) is 0. The number of rotatable bonds is 5. The van der Waals surface area contributed by atoms with E-state index >= 15 is 13.2 Å². The molecule has 12 rings (SSSR count). The molecular weight excluding hydrogens is 768 g/mol. The number of hydrogen-bond acceptors (Lipinski definition) is 4. The number of aromatic nitrogens is 5. The first-order chi connectivity index (χ1) is 29.9. The Morgan fingerprint density at radius 2 is 0.902 bits per heavy atom. The largest absolute Gasteiger partial charge is 0.455 e. The normalized spacial score (nSPS) is 12.2. The number of furan rings is 1. The third-order valence-corrected chi connectivity index (χ3v) is 11.6. The van der Waals surface area contributed by atoms with Gasteiger partial charge in [0.1, 0.15) is 11.2 Å². The fourth-order valence-corrected chi connectivity index (χ4v) is 8.95. The van der Waals surface area contributed by atoms with Crippen molar-refractivity contribution in [2.45, 2.75) is 6.18 Å². The Bertz CT molecular complexity index is 3630. The molecule has 0 aliphatic carbocycles. The van der Waals surface area contributed by atoms with E-state index in [1.807, 2.05) is 140 Å². The summed E-state index contributed by atoms with van der Waals surface area (Å²) in [5.74, 6) is 0.714. The zero-order valence-corrected chi connectivity index (χ0v) is 32.1. The molecule has 0 amide bonds. The molecule has 0 aliphatic heterocycles. The molecule has 0 aliphatic rings. The third kappa shape index (κ3) is 5.40. The van der Waals surface area contributed by atoms with Gasteiger partial charge in [0.05, 0.1) is 44.3 Å². The van der Waals surface area contributed by atoms with Crippen LogP contribution in [0.25, 0.3) is 111 Å². The van der Waals surface area contributed by atoms with Gasteiger partial charge in [0.2, 0.25) is 0 Å². The maximum Gasteiger partial charge on any atom is 0.418 e. The molecule has 8 aromatic carbocycles. The molecule has 0 fully saturated rings. The van der Waals surface area contributed by atoms with Crippen LogP contribution in [0.5, 0.6) is 0 Å². The molecule has 0 unspecified atom stereocenters. The van der Waals surface area contributed by atoms with E-state index in [9.17, 15) is 0 Å². The van der Waals surface area contributed by atoms with Gasteiger partial charge in [-0.1, -0.05) is 133 Å². The lowest BCUT2D eigenvalue weighted by Gasteiger charge is -2.19. The van der Waals surface area contributed by atoms with E-state index in [-0.39, 0.29) is 22.7 Å². The molecular formula is C52H30F3N5O. The Balaban J connectivity index is 1.23. The van der Waals surface area contributed by atoms with Crippen molar-refractivity contribution < 1.29 is 17.6 Å². The van der Waals surface area contributed by atoms with E-state index in [1.165, 1.54) is 0 Å². The summed E-state index contributed by atoms with van der Waals surface area (Å²) in [4.78, 5) is 14.5. The smallest absolute Gasteiger partial charge is 0.418 e. The standard InChI is InChI=1S/C52H30F3N5O/c53-52(54,55)40-28-39(51-57-49(31-16-4-1-5-17-31)56-50(58-51)32-18-6-2-7-19-32)48-46(36-24-12-15-27-45(36)61-48)47(40)60-42-26-14-11-23-35(42)38-29-43-37(30-44(38)60)34-22-10-13-25-41(34)59(43)33-20-8-3-9-21-33/h1-30H. The van der Waals surface area contributed by atoms with Crippen LogP contribution in [-0.4, -0.2) is 24.1 Å². The fourth-order valence-electron chi connectivity index (χ4n) is 8.95. The van der Waals surface area contributed by atoms with Gasteiger partial charge in [-0.15, -0.1) is 0 Å². The van der Waals surface area contributed by atoms with E-state index in [2.05, 4.69) is 34.9 Å². The van der Waals surface area contributed by atoms with Gasteiger partial charge in [-0.3, -0.25) is 0 Å². The van der Waals surface area contributed by atoms with Crippen LogP contribution in [0.1, 0.15) is 5.56 Å². The topological polar surface area (TPSA) is 61.7 Å². The Morgan fingerprint density at radius 1 is 0.426 bits per heavy atom. The maximum atomic E-state index is 16.2. The number of fused-ring (bicyclic) bond motifs is 9. The zero-order valence-electron chi connectivity index (χ0n) is 32.1. The molecule has 0 saturated heterocycles. The van der Waals surface area contributed by atoms with Crippen molar-refractivity contribution in [3.8, 4) is 45.5 Å². The molecule has 6 nitrogen and oxygen atoms in total. The first-order valence-corrected chi connectivity index (χ1v) is 19.9. The Kier molecular flexibility index (Phi) is 7.59. The van der Waals surface area contributed by atoms with Crippen LogP contribution in [0.4, 0.5) is 13.2 Å². The van der Waals surface area contributed by atoms with Crippen molar-refractivity contribution >= 4 is 65.6 Å². The number of benzene rings is 8. The Hall–Kier alpha value is -8.04. The van der Waals surface area contributed by atoms with E-state index in [1.54, 1.807) is 10.6 Å². The van der Waals surface area contributed by atoms with Crippen molar-refractivity contribution in [2.75, 3.05) is 0 Å². The summed E-state index contributed by atoms with van der Waals surface area (Å²) in [5.41, 5.74) is 5.49. The number of hydrogen-bond donors (Lipinski definition) is 0. The summed E-state index contributed by atoms with van der Waals surface area (Å²) >= 11 is 0. The Morgan fingerprint density at radius 3 is 1.49 bits per heavy atom. The molecule has 12 aromatic rings. The van der Waals surface area contributed by atoms with Gasteiger partial charge in [0.15, 0.2) is 17.5 Å². The van der Waals surface area contributed by atoms with Gasteiger partial charge >= 0.3 is 6.18 Å². The summed E-state index contributed by atoms with van der Waals surface area (Å²) in [7, 11) is 0. The van der Waals surface area contributed by atoms with Gasteiger partial charge in [0, 0.05) is 43.7 Å². The van der Waals surface area contributed by atoms with E-state index < -0.39 is 11.7 Å². The molecule has 0 saturated carbocycles. The first-order valence-electron chi connectivity index (χ1n) is 19.9. The molecule has 0 atom stereocenters. The summed E-state index contributed by atoms with van der Waals surface area (Å²) in [6.07, 6.45) is -4.82. The van der Waals surface area contributed by atoms with Crippen LogP contribution >= 0.6 is 0 Å². The van der Waals surface area contributed by atoms with E-state index in [0.29, 0.717) is 50.2 Å². The van der Waals surface area contributed by atoms with Crippen molar-refractivity contribution in [1.82, 2.24) is 24.1 Å². The minimum Gasteiger partial charge on any atom is -0.455 e. The van der Waals surface area contributed by atoms with Gasteiger partial charge in [-0.05, 0) is 48.5 Å². The van der Waals surface area contributed by atoms with Gasteiger partial charge < -0.3 is 13.6 Å². The average Bonchev–Trinajstić information content (AvgIpc) is 3.96. The average molecular weight is 798 g/mol. The van der Waals surface area contributed by atoms with Crippen LogP contribution in [0.3, 0.4) is 0 Å². The molecule has 61 heavy (non-hydrogen) atoms. The highest BCUT2D eigenvalue weighted by atomic mass is 19.4. The number of nitrogens with zero attached hydrogens (tertiary/aromatic N) is 5. The predicted octanol–water partition coefficient (Wildman–Crippen LogP) is 14.0. The van der Waals surface area contributed by atoms with Gasteiger partial charge in [-0.25, -0.2) is 15.0 Å². The van der Waals surface area contributed by atoms with Crippen molar-refractivity contribution in [2.24, 2.45) is 0 Å².